The number of aromatic nitrogens is 8. The number of piperidine rings is 2. The second-order valence-corrected chi connectivity index (χ2v) is 17.2. The highest BCUT2D eigenvalue weighted by Crippen LogP contribution is 2.37. The summed E-state index contributed by atoms with van der Waals surface area (Å²) in [5.41, 5.74) is 5.72. The Hall–Kier alpha value is -6.22. The third kappa shape index (κ3) is 9.94. The van der Waals surface area contributed by atoms with Gasteiger partial charge in [0.05, 0.1) is 50.5 Å². The minimum Gasteiger partial charge on any atom is -0.398 e. The molecule has 0 radical (unpaired) electrons. The Balaban J connectivity index is 0.000000146. The number of hydrogen-bond donors (Lipinski definition) is 6. The van der Waals surface area contributed by atoms with Gasteiger partial charge in [0.2, 0.25) is 11.8 Å². The molecule has 3 aliphatic rings. The summed E-state index contributed by atoms with van der Waals surface area (Å²) < 4.78 is 12.5. The van der Waals surface area contributed by atoms with E-state index in [0.29, 0.717) is 19.6 Å². The van der Waals surface area contributed by atoms with Crippen LogP contribution in [0.5, 0.6) is 0 Å². The molecule has 0 saturated carbocycles. The van der Waals surface area contributed by atoms with Crippen molar-refractivity contribution in [3.63, 3.8) is 0 Å². The first-order chi connectivity index (χ1) is 29.9. The van der Waals surface area contributed by atoms with Crippen molar-refractivity contribution < 1.29 is 18.9 Å². The van der Waals surface area contributed by atoms with Gasteiger partial charge in [-0.05, 0) is 93.6 Å². The molecule has 6 aromatic heterocycles. The summed E-state index contributed by atoms with van der Waals surface area (Å²) in [5, 5.41) is 40.4. The van der Waals surface area contributed by atoms with Gasteiger partial charge in [0.25, 0.3) is 0 Å². The molecule has 0 aromatic carbocycles. The van der Waals surface area contributed by atoms with Crippen molar-refractivity contribution in [2.45, 2.75) is 89.5 Å². The van der Waals surface area contributed by atoms with Crippen LogP contribution in [-0.4, -0.2) is 119 Å². The SMILES string of the molecule is CC1(C)OB(c2ccn[nH]2)OC1(C)C.N#CCC(=O)N1CCC[C@@H](Nc2c(-c3ccn[nH]3)cnc3[nH]ccc23)C1.N#CCC(=O)N1CCC[C@@H](Nc2c(Br)cnc3[nH]ccc23)C1. The van der Waals surface area contributed by atoms with Gasteiger partial charge in [-0.15, -0.1) is 0 Å². The number of pyridine rings is 2. The molecule has 6 aromatic rings. The molecule has 0 aliphatic carbocycles. The maximum Gasteiger partial charge on any atom is 0.513 e. The van der Waals surface area contributed by atoms with Crippen LogP contribution in [0.3, 0.4) is 0 Å². The Morgan fingerprint density at radius 1 is 0.806 bits per heavy atom. The van der Waals surface area contributed by atoms with E-state index in [1.54, 1.807) is 28.4 Å². The van der Waals surface area contributed by atoms with Crippen molar-refractivity contribution >= 4 is 73.9 Å². The molecular formula is C42H50BBrN14O4. The molecule has 9 rings (SSSR count). The van der Waals surface area contributed by atoms with Crippen molar-refractivity contribution in [2.75, 3.05) is 36.8 Å². The molecule has 20 heteroatoms. The van der Waals surface area contributed by atoms with Crippen LogP contribution < -0.4 is 16.2 Å². The van der Waals surface area contributed by atoms with Crippen molar-refractivity contribution in [3.8, 4) is 23.4 Å². The Morgan fingerprint density at radius 3 is 1.87 bits per heavy atom. The Labute approximate surface area is 367 Å². The first kappa shape index (κ1) is 43.9. The number of aromatic amines is 4. The summed E-state index contributed by atoms with van der Waals surface area (Å²) in [7, 11) is -0.331. The number of halogens is 1. The first-order valence-corrected chi connectivity index (χ1v) is 21.4. The van der Waals surface area contributed by atoms with E-state index in [1.165, 1.54) is 0 Å². The zero-order valence-corrected chi connectivity index (χ0v) is 36.8. The fraction of sp³-hybridized carbons (Fsp3) is 0.429. The van der Waals surface area contributed by atoms with Crippen molar-refractivity contribution in [3.05, 3.63) is 65.9 Å². The van der Waals surface area contributed by atoms with Gasteiger partial charge in [0.15, 0.2) is 0 Å². The van der Waals surface area contributed by atoms with Crippen LogP contribution in [0.25, 0.3) is 33.3 Å². The lowest BCUT2D eigenvalue weighted by Crippen LogP contribution is -2.45. The average molecular weight is 906 g/mol. The number of hydrogen-bond acceptors (Lipinski definition) is 12. The van der Waals surface area contributed by atoms with Crippen LogP contribution >= 0.6 is 15.9 Å². The van der Waals surface area contributed by atoms with Crippen LogP contribution in [0.15, 0.2) is 65.9 Å². The van der Waals surface area contributed by atoms with Crippen molar-refractivity contribution in [1.82, 2.24) is 50.1 Å². The third-order valence-corrected chi connectivity index (χ3v) is 12.3. The zero-order chi connectivity index (χ0) is 43.9. The standard InChI is InChI=1S/C18H19N7O.C15H16BrN5O.C9H15BN2O2/c19-6-3-16(26)25-9-1-2-12(11-25)23-17-13-4-7-20-18(13)21-10-14(17)15-5-8-22-24-15;16-12-8-19-15-11(4-6-18-15)14(12)20-10-2-1-7-21(9-10)13(22)3-5-17;1-8(2)9(3,4)14-10(13-8)7-5-6-11-12-7/h4-5,7-8,10,12H,1-3,9,11H2,(H,22,24)(H2,20,21,23);4,6,8,10H,1-3,7,9H2,(H2,18,19,20);5-6H,1-4H3,(H,11,12)/t12-;10-;/m11./s1. The highest BCUT2D eigenvalue weighted by atomic mass is 79.9. The number of nitrogens with one attached hydrogen (secondary N) is 6. The van der Waals surface area contributed by atoms with E-state index >= 15 is 0 Å². The van der Waals surface area contributed by atoms with Gasteiger partial charge in [-0.2, -0.15) is 20.7 Å². The number of H-pyrrole nitrogens is 4. The quantitative estimate of drug-likeness (QED) is 0.102. The number of carbonyl (C=O) groups is 2. The van der Waals surface area contributed by atoms with Crippen molar-refractivity contribution in [2.24, 2.45) is 0 Å². The lowest BCUT2D eigenvalue weighted by atomic mass is 9.85. The lowest BCUT2D eigenvalue weighted by molar-refractivity contribution is -0.131. The summed E-state index contributed by atoms with van der Waals surface area (Å²) in [6.45, 7) is 10.8. The largest absolute Gasteiger partial charge is 0.513 e. The molecule has 2 atom stereocenters. The second kappa shape index (κ2) is 19.2. The molecular weight excluding hydrogens is 855 g/mol. The van der Waals surface area contributed by atoms with Crippen LogP contribution in [0.1, 0.15) is 66.2 Å². The lowest BCUT2D eigenvalue weighted by Gasteiger charge is -2.33. The van der Waals surface area contributed by atoms with E-state index in [9.17, 15) is 9.59 Å². The fourth-order valence-electron chi connectivity index (χ4n) is 7.68. The van der Waals surface area contributed by atoms with Crippen LogP contribution in [0, 0.1) is 22.7 Å². The number of nitriles is 2. The Kier molecular flexibility index (Phi) is 13.6. The summed E-state index contributed by atoms with van der Waals surface area (Å²) in [4.78, 5) is 42.5. The minimum absolute atomic E-state index is 0.0479. The maximum absolute atomic E-state index is 12.1. The van der Waals surface area contributed by atoms with E-state index in [0.717, 1.165) is 87.0 Å². The molecule has 322 valence electrons. The van der Waals surface area contributed by atoms with Gasteiger partial charge in [0.1, 0.15) is 24.1 Å². The smallest absolute Gasteiger partial charge is 0.398 e. The predicted molar refractivity (Wildman–Crippen MR) is 239 cm³/mol. The van der Waals surface area contributed by atoms with Gasteiger partial charge in [0, 0.05) is 91.8 Å². The Morgan fingerprint density at radius 2 is 1.34 bits per heavy atom. The zero-order valence-electron chi connectivity index (χ0n) is 35.2. The molecule has 3 saturated heterocycles. The maximum atomic E-state index is 12.1. The third-order valence-electron chi connectivity index (χ3n) is 11.7. The molecule has 3 fully saturated rings. The first-order valence-electron chi connectivity index (χ1n) is 20.6. The molecule has 2 amide bonds. The van der Waals surface area contributed by atoms with E-state index in [2.05, 4.69) is 66.9 Å². The molecule has 0 spiro atoms. The minimum atomic E-state index is -0.331. The average Bonchev–Trinajstić information content (AvgIpc) is 4.12. The van der Waals surface area contributed by atoms with Crippen LogP contribution in [0.2, 0.25) is 0 Å². The Bertz CT molecular complexity index is 2530. The number of anilines is 2. The van der Waals surface area contributed by atoms with Gasteiger partial charge >= 0.3 is 7.12 Å². The summed E-state index contributed by atoms with van der Waals surface area (Å²) in [5.74, 6) is -0.191. The van der Waals surface area contributed by atoms with Gasteiger partial charge < -0.3 is 39.7 Å². The number of amides is 2. The molecule has 18 nitrogen and oxygen atoms in total. The van der Waals surface area contributed by atoms with E-state index < -0.39 is 0 Å². The van der Waals surface area contributed by atoms with E-state index in [1.807, 2.05) is 82.7 Å². The van der Waals surface area contributed by atoms with Gasteiger partial charge in [-0.1, -0.05) is 0 Å². The number of fused-ring (bicyclic) bond motifs is 2. The van der Waals surface area contributed by atoms with Gasteiger partial charge in [-0.25, -0.2) is 9.97 Å². The van der Waals surface area contributed by atoms with Gasteiger partial charge in [-0.3, -0.25) is 19.8 Å². The number of nitrogens with zero attached hydrogens (tertiary/aromatic N) is 8. The highest BCUT2D eigenvalue weighted by molar-refractivity contribution is 9.10. The molecule has 0 bridgehead atoms. The molecule has 0 unspecified atom stereocenters. The van der Waals surface area contributed by atoms with E-state index in [4.69, 9.17) is 19.8 Å². The predicted octanol–water partition coefficient (Wildman–Crippen LogP) is 5.62. The number of carbonyl (C=O) groups excluding carboxylic acids is 2. The number of likely N-dealkylation sites (tertiary alicyclic amines) is 2. The van der Waals surface area contributed by atoms with Crippen LogP contribution in [0.4, 0.5) is 11.4 Å². The topological polar surface area (TPSA) is 245 Å². The van der Waals surface area contributed by atoms with Crippen molar-refractivity contribution in [1.29, 1.82) is 10.5 Å². The monoisotopic (exact) mass is 904 g/mol. The highest BCUT2D eigenvalue weighted by Gasteiger charge is 2.52. The molecule has 6 N–H and O–H groups in total. The number of rotatable bonds is 8. The molecule has 3 aliphatic heterocycles. The molecule has 9 heterocycles. The van der Waals surface area contributed by atoms with E-state index in [-0.39, 0.29) is 55.1 Å². The summed E-state index contributed by atoms with van der Waals surface area (Å²) >= 11 is 3.54. The van der Waals surface area contributed by atoms with Crippen LogP contribution in [-0.2, 0) is 18.9 Å². The summed E-state index contributed by atoms with van der Waals surface area (Å²) in [6.07, 6.45) is 14.4. The molecule has 62 heavy (non-hydrogen) atoms. The fourth-order valence-corrected chi connectivity index (χ4v) is 8.11. The summed E-state index contributed by atoms with van der Waals surface area (Å²) in [6, 6.07) is 11.9. The second-order valence-electron chi connectivity index (χ2n) is 16.4. The normalized spacial score (nSPS) is 19.1.